The second-order valence-corrected chi connectivity index (χ2v) is 9.56. The molecule has 2 fully saturated rings. The van der Waals surface area contributed by atoms with Crippen LogP contribution in [0, 0.1) is 11.8 Å². The molecule has 1 aliphatic carbocycles. The minimum absolute atomic E-state index is 0. The predicted octanol–water partition coefficient (Wildman–Crippen LogP) is 1.63. The van der Waals surface area contributed by atoms with E-state index >= 15 is 0 Å². The summed E-state index contributed by atoms with van der Waals surface area (Å²) in [4.78, 5) is 14.8. The van der Waals surface area contributed by atoms with E-state index in [4.69, 9.17) is 5.73 Å². The Labute approximate surface area is 161 Å². The first-order valence-corrected chi connectivity index (χ1v) is 10.8. The molecule has 3 aliphatic rings. The minimum Gasteiger partial charge on any atom is -0.338 e. The number of hydrogen-bond acceptors (Lipinski definition) is 4. The average molecular weight is 400 g/mol. The van der Waals surface area contributed by atoms with E-state index in [0.29, 0.717) is 29.6 Å². The summed E-state index contributed by atoms with van der Waals surface area (Å²) < 4.78 is 25.4. The van der Waals surface area contributed by atoms with Gasteiger partial charge in [-0.25, -0.2) is 8.42 Å². The van der Waals surface area contributed by atoms with E-state index in [9.17, 15) is 13.2 Å². The molecule has 2 N–H and O–H groups in total. The maximum atomic E-state index is 12.9. The second kappa shape index (κ2) is 7.02. The molecular formula is C18H26ClN3O3S. The molecule has 1 aromatic carbocycles. The van der Waals surface area contributed by atoms with Gasteiger partial charge in [-0.15, -0.1) is 12.4 Å². The third-order valence-corrected chi connectivity index (χ3v) is 7.18. The van der Waals surface area contributed by atoms with Crippen molar-refractivity contribution in [3.63, 3.8) is 0 Å². The van der Waals surface area contributed by atoms with Crippen molar-refractivity contribution in [3.8, 4) is 0 Å². The minimum atomic E-state index is -3.28. The Hall–Kier alpha value is -1.31. The van der Waals surface area contributed by atoms with E-state index in [1.165, 1.54) is 10.6 Å². The van der Waals surface area contributed by atoms with Gasteiger partial charge in [-0.3, -0.25) is 9.10 Å². The lowest BCUT2D eigenvalue weighted by atomic mass is 9.98. The zero-order chi connectivity index (χ0) is 17.8. The summed E-state index contributed by atoms with van der Waals surface area (Å²) in [7, 11) is -3.28. The molecular weight excluding hydrogens is 374 g/mol. The number of amides is 1. The van der Waals surface area contributed by atoms with E-state index in [2.05, 4.69) is 0 Å². The van der Waals surface area contributed by atoms with E-state index in [1.807, 2.05) is 11.0 Å². The Kier molecular flexibility index (Phi) is 5.25. The maximum Gasteiger partial charge on any atom is 0.253 e. The molecule has 4 rings (SSSR count). The first-order chi connectivity index (χ1) is 11.8. The molecule has 3 unspecified atom stereocenters. The number of carbonyl (C=O) groups excluding carboxylic acids is 1. The Morgan fingerprint density at radius 1 is 1.23 bits per heavy atom. The van der Waals surface area contributed by atoms with Crippen molar-refractivity contribution in [2.24, 2.45) is 17.6 Å². The smallest absolute Gasteiger partial charge is 0.253 e. The number of carbonyl (C=O) groups is 1. The van der Waals surface area contributed by atoms with Crippen LogP contribution >= 0.6 is 12.4 Å². The highest BCUT2D eigenvalue weighted by Gasteiger charge is 2.42. The third kappa shape index (κ3) is 3.32. The van der Waals surface area contributed by atoms with Gasteiger partial charge in [0.05, 0.1) is 11.9 Å². The molecule has 0 aromatic heterocycles. The van der Waals surface area contributed by atoms with Crippen molar-refractivity contribution in [1.82, 2.24) is 4.90 Å². The highest BCUT2D eigenvalue weighted by molar-refractivity contribution is 7.92. The van der Waals surface area contributed by atoms with Crippen LogP contribution in [0.2, 0.25) is 0 Å². The molecule has 0 spiro atoms. The van der Waals surface area contributed by atoms with Gasteiger partial charge in [0.2, 0.25) is 10.0 Å². The number of sulfonamides is 1. The van der Waals surface area contributed by atoms with E-state index in [1.54, 1.807) is 12.1 Å². The van der Waals surface area contributed by atoms with Crippen LogP contribution in [0.15, 0.2) is 18.2 Å². The molecule has 6 nitrogen and oxygen atoms in total. The number of aryl methyl sites for hydroxylation is 1. The van der Waals surface area contributed by atoms with Gasteiger partial charge in [0.25, 0.3) is 5.91 Å². The molecule has 1 amide bonds. The van der Waals surface area contributed by atoms with E-state index < -0.39 is 10.0 Å². The molecule has 3 atom stereocenters. The number of anilines is 1. The van der Waals surface area contributed by atoms with Crippen LogP contribution < -0.4 is 10.0 Å². The van der Waals surface area contributed by atoms with Gasteiger partial charge in [0, 0.05) is 31.2 Å². The van der Waals surface area contributed by atoms with Gasteiger partial charge in [-0.2, -0.15) is 0 Å². The molecule has 0 bridgehead atoms. The van der Waals surface area contributed by atoms with Crippen molar-refractivity contribution >= 4 is 34.0 Å². The fourth-order valence-electron chi connectivity index (χ4n) is 4.70. The Bertz CT molecular complexity index is 814. The van der Waals surface area contributed by atoms with Gasteiger partial charge in [-0.05, 0) is 61.3 Å². The van der Waals surface area contributed by atoms with Crippen LogP contribution in [0.5, 0.6) is 0 Å². The number of halogens is 1. The normalized spacial score (nSPS) is 27.7. The van der Waals surface area contributed by atoms with Gasteiger partial charge in [-0.1, -0.05) is 0 Å². The van der Waals surface area contributed by atoms with E-state index in [-0.39, 0.29) is 24.4 Å². The standard InChI is InChI=1S/C18H25N3O3S.ClH/c1-25(23,24)21-8-2-3-12-9-13(5-7-17(12)21)18(22)20-10-14-4-6-16(19)15(14)11-20;/h5,7,9,14-16H,2-4,6,8,10-11,19H2,1H3;1H. The van der Waals surface area contributed by atoms with Crippen LogP contribution in [0.25, 0.3) is 0 Å². The molecule has 1 saturated carbocycles. The van der Waals surface area contributed by atoms with Gasteiger partial charge in [0.15, 0.2) is 0 Å². The third-order valence-electron chi connectivity index (χ3n) is 6.00. The molecule has 8 heteroatoms. The lowest BCUT2D eigenvalue weighted by molar-refractivity contribution is 0.0779. The number of rotatable bonds is 2. The van der Waals surface area contributed by atoms with Crippen LogP contribution in [0.4, 0.5) is 5.69 Å². The summed E-state index contributed by atoms with van der Waals surface area (Å²) >= 11 is 0. The maximum absolute atomic E-state index is 12.9. The van der Waals surface area contributed by atoms with Crippen molar-refractivity contribution in [1.29, 1.82) is 0 Å². The van der Waals surface area contributed by atoms with Crippen molar-refractivity contribution in [3.05, 3.63) is 29.3 Å². The number of benzene rings is 1. The SMILES string of the molecule is CS(=O)(=O)N1CCCc2cc(C(=O)N3CC4CCC(N)C4C3)ccc21.Cl. The van der Waals surface area contributed by atoms with E-state index in [0.717, 1.165) is 44.3 Å². The summed E-state index contributed by atoms with van der Waals surface area (Å²) in [6, 6.07) is 5.64. The molecule has 144 valence electrons. The summed E-state index contributed by atoms with van der Waals surface area (Å²) in [5.41, 5.74) is 8.48. The topological polar surface area (TPSA) is 83.7 Å². The number of hydrogen-bond donors (Lipinski definition) is 1. The molecule has 1 saturated heterocycles. The first kappa shape index (κ1) is 19.5. The molecule has 1 aromatic rings. The zero-order valence-electron chi connectivity index (χ0n) is 14.9. The fourth-order valence-corrected chi connectivity index (χ4v) is 5.69. The number of fused-ring (bicyclic) bond motifs is 2. The predicted molar refractivity (Wildman–Crippen MR) is 104 cm³/mol. The molecule has 2 heterocycles. The monoisotopic (exact) mass is 399 g/mol. The lowest BCUT2D eigenvalue weighted by Crippen LogP contribution is -2.35. The summed E-state index contributed by atoms with van der Waals surface area (Å²) in [6.45, 7) is 2.05. The quantitative estimate of drug-likeness (QED) is 0.819. The second-order valence-electron chi connectivity index (χ2n) is 7.66. The van der Waals surface area contributed by atoms with Crippen LogP contribution in [0.3, 0.4) is 0 Å². The molecule has 26 heavy (non-hydrogen) atoms. The summed E-state index contributed by atoms with van der Waals surface area (Å²) in [6.07, 6.45) is 4.99. The van der Waals surface area contributed by atoms with Crippen LogP contribution in [0.1, 0.15) is 35.2 Å². The van der Waals surface area contributed by atoms with Gasteiger partial charge in [0.1, 0.15) is 0 Å². The molecule has 0 radical (unpaired) electrons. The highest BCUT2D eigenvalue weighted by Crippen LogP contribution is 2.38. The summed E-state index contributed by atoms with van der Waals surface area (Å²) in [5.74, 6) is 1.01. The average Bonchev–Trinajstić information content (AvgIpc) is 3.14. The van der Waals surface area contributed by atoms with Gasteiger partial charge < -0.3 is 10.6 Å². The van der Waals surface area contributed by atoms with Crippen molar-refractivity contribution in [2.75, 3.05) is 30.2 Å². The van der Waals surface area contributed by atoms with Crippen LogP contribution in [-0.2, 0) is 16.4 Å². The van der Waals surface area contributed by atoms with Crippen LogP contribution in [-0.4, -0.2) is 51.2 Å². The lowest BCUT2D eigenvalue weighted by Gasteiger charge is -2.29. The van der Waals surface area contributed by atoms with Gasteiger partial charge >= 0.3 is 0 Å². The number of nitrogens with zero attached hydrogens (tertiary/aromatic N) is 2. The Morgan fingerprint density at radius 3 is 2.69 bits per heavy atom. The highest BCUT2D eigenvalue weighted by atomic mass is 35.5. The van der Waals surface area contributed by atoms with Crippen molar-refractivity contribution < 1.29 is 13.2 Å². The fraction of sp³-hybridized carbons (Fsp3) is 0.611. The Morgan fingerprint density at radius 2 is 2.00 bits per heavy atom. The Balaban J connectivity index is 0.00000196. The summed E-state index contributed by atoms with van der Waals surface area (Å²) in [5, 5.41) is 0. The largest absolute Gasteiger partial charge is 0.338 e. The zero-order valence-corrected chi connectivity index (χ0v) is 16.6. The molecule has 2 aliphatic heterocycles. The first-order valence-electron chi connectivity index (χ1n) is 9.00. The number of nitrogens with two attached hydrogens (primary N) is 1. The number of likely N-dealkylation sites (tertiary alicyclic amines) is 1. The van der Waals surface area contributed by atoms with Crippen molar-refractivity contribution in [2.45, 2.75) is 31.7 Å².